The number of aliphatic imine (C=N–C) groups is 1. The van der Waals surface area contributed by atoms with Crippen LogP contribution in [0.25, 0.3) is 0 Å². The zero-order valence-corrected chi connectivity index (χ0v) is 13.8. The van der Waals surface area contributed by atoms with Crippen molar-refractivity contribution in [3.05, 3.63) is 64.1 Å². The maximum Gasteiger partial charge on any atom is 0.239 e. The lowest BCUT2D eigenvalue weighted by atomic mass is 10.1. The molecule has 0 unspecified atom stereocenters. The number of hydrogen-bond acceptors (Lipinski definition) is 3. The van der Waals surface area contributed by atoms with Crippen molar-refractivity contribution in [2.75, 3.05) is 0 Å². The van der Waals surface area contributed by atoms with Gasteiger partial charge in [-0.25, -0.2) is 4.99 Å². The van der Waals surface area contributed by atoms with Crippen LogP contribution in [0.3, 0.4) is 0 Å². The molecule has 112 valence electrons. The SMILES string of the molecule is O=C1NC(=Nc2ccccc2)S[C@@H]1Cc1cccc(Cl)c1Cl. The molecule has 1 N–H and O–H groups in total. The van der Waals surface area contributed by atoms with Gasteiger partial charge in [0.15, 0.2) is 5.17 Å². The summed E-state index contributed by atoms with van der Waals surface area (Å²) in [4.78, 5) is 16.5. The molecule has 2 aromatic rings. The van der Waals surface area contributed by atoms with E-state index in [2.05, 4.69) is 10.3 Å². The molecule has 22 heavy (non-hydrogen) atoms. The Morgan fingerprint density at radius 3 is 2.64 bits per heavy atom. The molecule has 0 aromatic heterocycles. The molecule has 0 saturated carbocycles. The van der Waals surface area contributed by atoms with Crippen molar-refractivity contribution in [3.8, 4) is 0 Å². The number of carbonyl (C=O) groups excluding carboxylic acids is 1. The zero-order valence-electron chi connectivity index (χ0n) is 11.4. The number of thioether (sulfide) groups is 1. The number of halogens is 2. The van der Waals surface area contributed by atoms with Gasteiger partial charge in [-0.2, -0.15) is 0 Å². The van der Waals surface area contributed by atoms with Crippen LogP contribution in [-0.4, -0.2) is 16.3 Å². The number of para-hydroxylation sites is 1. The van der Waals surface area contributed by atoms with E-state index in [1.807, 2.05) is 42.5 Å². The van der Waals surface area contributed by atoms with E-state index in [0.717, 1.165) is 11.3 Å². The van der Waals surface area contributed by atoms with E-state index in [9.17, 15) is 4.79 Å². The zero-order chi connectivity index (χ0) is 15.5. The van der Waals surface area contributed by atoms with Crippen LogP contribution in [-0.2, 0) is 11.2 Å². The highest BCUT2D eigenvalue weighted by molar-refractivity contribution is 8.15. The average Bonchev–Trinajstić information content (AvgIpc) is 2.85. The van der Waals surface area contributed by atoms with Gasteiger partial charge in [0.25, 0.3) is 0 Å². The predicted octanol–water partition coefficient (Wildman–Crippen LogP) is 4.46. The van der Waals surface area contributed by atoms with Gasteiger partial charge in [0.1, 0.15) is 0 Å². The van der Waals surface area contributed by atoms with Crippen molar-refractivity contribution >= 4 is 51.7 Å². The molecule has 3 rings (SSSR count). The van der Waals surface area contributed by atoms with Gasteiger partial charge >= 0.3 is 0 Å². The Morgan fingerprint density at radius 2 is 1.86 bits per heavy atom. The lowest BCUT2D eigenvalue weighted by Gasteiger charge is -2.08. The van der Waals surface area contributed by atoms with E-state index in [4.69, 9.17) is 23.2 Å². The lowest BCUT2D eigenvalue weighted by molar-refractivity contribution is -0.118. The van der Waals surface area contributed by atoms with Crippen molar-refractivity contribution < 1.29 is 4.79 Å². The third-order valence-electron chi connectivity index (χ3n) is 3.20. The van der Waals surface area contributed by atoms with E-state index in [0.29, 0.717) is 21.6 Å². The van der Waals surface area contributed by atoms with Gasteiger partial charge in [-0.1, -0.05) is 65.3 Å². The Bertz CT molecular complexity index is 734. The molecule has 1 aliphatic rings. The first-order chi connectivity index (χ1) is 10.6. The fourth-order valence-electron chi connectivity index (χ4n) is 2.12. The van der Waals surface area contributed by atoms with Crippen LogP contribution >= 0.6 is 35.0 Å². The quantitative estimate of drug-likeness (QED) is 0.887. The largest absolute Gasteiger partial charge is 0.304 e. The number of hydrogen-bond donors (Lipinski definition) is 1. The molecule has 0 spiro atoms. The summed E-state index contributed by atoms with van der Waals surface area (Å²) >= 11 is 13.6. The number of amides is 1. The molecule has 1 fully saturated rings. The summed E-state index contributed by atoms with van der Waals surface area (Å²) in [6, 6.07) is 15.0. The lowest BCUT2D eigenvalue weighted by Crippen LogP contribution is -2.26. The topological polar surface area (TPSA) is 41.5 Å². The first kappa shape index (κ1) is 15.4. The second-order valence-corrected chi connectivity index (χ2v) is 6.74. The Morgan fingerprint density at radius 1 is 1.09 bits per heavy atom. The van der Waals surface area contributed by atoms with Gasteiger partial charge in [-0.15, -0.1) is 0 Å². The fourth-order valence-corrected chi connectivity index (χ4v) is 3.53. The number of amidine groups is 1. The van der Waals surface area contributed by atoms with Crippen LogP contribution in [0.5, 0.6) is 0 Å². The van der Waals surface area contributed by atoms with Crippen LogP contribution in [0.2, 0.25) is 10.0 Å². The van der Waals surface area contributed by atoms with E-state index in [1.54, 1.807) is 6.07 Å². The van der Waals surface area contributed by atoms with Crippen LogP contribution in [0.4, 0.5) is 5.69 Å². The van der Waals surface area contributed by atoms with E-state index in [1.165, 1.54) is 11.8 Å². The summed E-state index contributed by atoms with van der Waals surface area (Å²) in [6.07, 6.45) is 0.518. The molecule has 1 aliphatic heterocycles. The number of carbonyl (C=O) groups is 1. The van der Waals surface area contributed by atoms with Crippen molar-refractivity contribution in [2.45, 2.75) is 11.7 Å². The van der Waals surface area contributed by atoms with Crippen LogP contribution < -0.4 is 5.32 Å². The third-order valence-corrected chi connectivity index (χ3v) is 5.14. The minimum Gasteiger partial charge on any atom is -0.304 e. The van der Waals surface area contributed by atoms with E-state index < -0.39 is 0 Å². The molecule has 1 heterocycles. The van der Waals surface area contributed by atoms with E-state index >= 15 is 0 Å². The number of nitrogens with one attached hydrogen (secondary N) is 1. The van der Waals surface area contributed by atoms with Gasteiger partial charge in [0, 0.05) is 0 Å². The summed E-state index contributed by atoms with van der Waals surface area (Å²) in [5.74, 6) is -0.0595. The number of benzene rings is 2. The molecule has 0 aliphatic carbocycles. The molecule has 1 amide bonds. The highest BCUT2D eigenvalue weighted by atomic mass is 35.5. The molecule has 1 atom stereocenters. The summed E-state index contributed by atoms with van der Waals surface area (Å²) in [6.45, 7) is 0. The molecule has 0 radical (unpaired) electrons. The van der Waals surface area contributed by atoms with Crippen molar-refractivity contribution in [3.63, 3.8) is 0 Å². The second-order valence-electron chi connectivity index (χ2n) is 4.77. The van der Waals surface area contributed by atoms with Crippen LogP contribution in [0, 0.1) is 0 Å². The highest BCUT2D eigenvalue weighted by Gasteiger charge is 2.30. The minimum absolute atomic E-state index is 0.0595. The standard InChI is InChI=1S/C16H12Cl2N2OS/c17-12-8-4-5-10(14(12)18)9-13-15(21)20-16(22-13)19-11-6-2-1-3-7-11/h1-8,13H,9H2,(H,19,20,21)/t13-/m1/s1. The smallest absolute Gasteiger partial charge is 0.239 e. The van der Waals surface area contributed by atoms with Crippen molar-refractivity contribution in [1.29, 1.82) is 0 Å². The Hall–Kier alpha value is -1.49. The first-order valence-corrected chi connectivity index (χ1v) is 8.31. The summed E-state index contributed by atoms with van der Waals surface area (Å²) < 4.78 is 0. The molecule has 0 bridgehead atoms. The van der Waals surface area contributed by atoms with E-state index in [-0.39, 0.29) is 11.2 Å². The van der Waals surface area contributed by atoms with Gasteiger partial charge in [-0.3, -0.25) is 4.79 Å². The summed E-state index contributed by atoms with van der Waals surface area (Å²) in [5.41, 5.74) is 1.68. The average molecular weight is 351 g/mol. The van der Waals surface area contributed by atoms with Crippen molar-refractivity contribution in [1.82, 2.24) is 5.32 Å². The Balaban J connectivity index is 1.75. The third kappa shape index (κ3) is 3.46. The highest BCUT2D eigenvalue weighted by Crippen LogP contribution is 2.31. The van der Waals surface area contributed by atoms with Crippen LogP contribution in [0.15, 0.2) is 53.5 Å². The number of nitrogens with zero attached hydrogens (tertiary/aromatic N) is 1. The maximum atomic E-state index is 12.1. The molecule has 6 heteroatoms. The van der Waals surface area contributed by atoms with Crippen LogP contribution in [0.1, 0.15) is 5.56 Å². The summed E-state index contributed by atoms with van der Waals surface area (Å²) in [7, 11) is 0. The van der Waals surface area contributed by atoms with Gasteiger partial charge in [-0.05, 0) is 30.2 Å². The normalized spacial score (nSPS) is 19.5. The predicted molar refractivity (Wildman–Crippen MR) is 93.2 cm³/mol. The first-order valence-electron chi connectivity index (χ1n) is 6.67. The summed E-state index contributed by atoms with van der Waals surface area (Å²) in [5, 5.41) is 4.17. The number of rotatable bonds is 3. The minimum atomic E-state index is -0.251. The van der Waals surface area contributed by atoms with Gasteiger partial charge in [0.05, 0.1) is 21.0 Å². The second kappa shape index (κ2) is 6.73. The van der Waals surface area contributed by atoms with Gasteiger partial charge < -0.3 is 5.32 Å². The molecular formula is C16H12Cl2N2OS. The Labute approximate surface area is 142 Å². The van der Waals surface area contributed by atoms with Crippen molar-refractivity contribution in [2.24, 2.45) is 4.99 Å². The maximum absolute atomic E-state index is 12.1. The van der Waals surface area contributed by atoms with Gasteiger partial charge in [0.2, 0.25) is 5.91 Å². The molecular weight excluding hydrogens is 339 g/mol. The fraction of sp³-hybridized carbons (Fsp3) is 0.125. The molecule has 2 aromatic carbocycles. The Kier molecular flexibility index (Phi) is 4.71. The molecule has 3 nitrogen and oxygen atoms in total. The molecule has 1 saturated heterocycles. The monoisotopic (exact) mass is 350 g/mol.